The van der Waals surface area contributed by atoms with E-state index in [-0.39, 0.29) is 0 Å². The average Bonchev–Trinajstić information content (AvgIpc) is 2.78. The topological polar surface area (TPSA) is 30.0 Å². The van der Waals surface area contributed by atoms with Crippen molar-refractivity contribution in [2.24, 2.45) is 0 Å². The number of aromatic nitrogens is 1. The van der Waals surface area contributed by atoms with Crippen molar-refractivity contribution in [3.63, 3.8) is 0 Å². The smallest absolute Gasteiger partial charge is 0.298 e. The molecule has 0 spiro atoms. The summed E-state index contributed by atoms with van der Waals surface area (Å²) in [6, 6.07) is 6.37. The summed E-state index contributed by atoms with van der Waals surface area (Å²) in [4.78, 5) is 14.3. The van der Waals surface area contributed by atoms with Crippen LogP contribution in [-0.4, -0.2) is 11.3 Å². The van der Waals surface area contributed by atoms with Crippen molar-refractivity contribution in [1.29, 1.82) is 0 Å². The van der Waals surface area contributed by atoms with Crippen LogP contribution in [0.15, 0.2) is 30.5 Å². The molecule has 0 unspecified atom stereocenters. The highest BCUT2D eigenvalue weighted by Crippen LogP contribution is 2.36. The maximum absolute atomic E-state index is 12.4. The van der Waals surface area contributed by atoms with Gasteiger partial charge in [0.05, 0.1) is 4.88 Å². The first-order chi connectivity index (χ1) is 8.00. The second-order valence-electron chi connectivity index (χ2n) is 3.27. The molecule has 0 atom stereocenters. The molecule has 2 nitrogen and oxygen atoms in total. The first-order valence-corrected chi connectivity index (χ1v) is 5.41. The number of alkyl halides is 3. The SMILES string of the molecule is O=Cc1cccc(-c2cnc(C(F)(F)F)s2)c1. The predicted octanol–water partition coefficient (Wildman–Crippen LogP) is 3.64. The first-order valence-electron chi connectivity index (χ1n) is 4.59. The van der Waals surface area contributed by atoms with Crippen molar-refractivity contribution in [2.75, 3.05) is 0 Å². The van der Waals surface area contributed by atoms with Crippen LogP contribution in [0.25, 0.3) is 10.4 Å². The van der Waals surface area contributed by atoms with E-state index >= 15 is 0 Å². The van der Waals surface area contributed by atoms with Crippen molar-refractivity contribution >= 4 is 17.6 Å². The number of hydrogen-bond donors (Lipinski definition) is 0. The molecule has 88 valence electrons. The van der Waals surface area contributed by atoms with Gasteiger partial charge in [0, 0.05) is 11.8 Å². The lowest BCUT2D eigenvalue weighted by Crippen LogP contribution is -2.02. The van der Waals surface area contributed by atoms with Gasteiger partial charge in [-0.2, -0.15) is 13.2 Å². The Labute approximate surface area is 98.7 Å². The van der Waals surface area contributed by atoms with Gasteiger partial charge in [0.15, 0.2) is 5.01 Å². The monoisotopic (exact) mass is 257 g/mol. The number of carbonyl (C=O) groups is 1. The molecule has 1 heterocycles. The van der Waals surface area contributed by atoms with Crippen molar-refractivity contribution in [2.45, 2.75) is 6.18 Å². The lowest BCUT2D eigenvalue weighted by atomic mass is 10.1. The van der Waals surface area contributed by atoms with Crippen LogP contribution in [0, 0.1) is 0 Å². The summed E-state index contributed by atoms with van der Waals surface area (Å²) in [5.74, 6) is 0. The summed E-state index contributed by atoms with van der Waals surface area (Å²) in [5.41, 5.74) is 0.979. The summed E-state index contributed by atoms with van der Waals surface area (Å²) in [7, 11) is 0. The van der Waals surface area contributed by atoms with E-state index in [9.17, 15) is 18.0 Å². The molecule has 0 amide bonds. The number of carbonyl (C=O) groups excluding carboxylic acids is 1. The van der Waals surface area contributed by atoms with Gasteiger partial charge in [0.25, 0.3) is 0 Å². The van der Waals surface area contributed by atoms with Gasteiger partial charge in [-0.1, -0.05) is 18.2 Å². The molecule has 0 aliphatic rings. The zero-order valence-corrected chi connectivity index (χ0v) is 9.18. The van der Waals surface area contributed by atoms with E-state index in [1.54, 1.807) is 18.2 Å². The van der Waals surface area contributed by atoms with Crippen LogP contribution in [0.3, 0.4) is 0 Å². The highest BCUT2D eigenvalue weighted by Gasteiger charge is 2.34. The molecule has 17 heavy (non-hydrogen) atoms. The van der Waals surface area contributed by atoms with Crippen molar-refractivity contribution < 1.29 is 18.0 Å². The van der Waals surface area contributed by atoms with Gasteiger partial charge in [-0.3, -0.25) is 4.79 Å². The Morgan fingerprint density at radius 3 is 2.65 bits per heavy atom. The Balaban J connectivity index is 2.40. The lowest BCUT2D eigenvalue weighted by Gasteiger charge is -1.99. The second-order valence-corrected chi connectivity index (χ2v) is 4.30. The fourth-order valence-electron chi connectivity index (χ4n) is 1.30. The van der Waals surface area contributed by atoms with Crippen LogP contribution in [0.2, 0.25) is 0 Å². The molecule has 0 fully saturated rings. The van der Waals surface area contributed by atoms with Crippen LogP contribution in [0.5, 0.6) is 0 Å². The van der Waals surface area contributed by atoms with E-state index in [1.807, 2.05) is 0 Å². The number of rotatable bonds is 2. The van der Waals surface area contributed by atoms with Gasteiger partial charge >= 0.3 is 6.18 Å². The van der Waals surface area contributed by atoms with Crippen molar-refractivity contribution in [1.82, 2.24) is 4.98 Å². The summed E-state index contributed by atoms with van der Waals surface area (Å²) < 4.78 is 37.1. The maximum atomic E-state index is 12.4. The number of hydrogen-bond acceptors (Lipinski definition) is 3. The zero-order valence-electron chi connectivity index (χ0n) is 8.36. The van der Waals surface area contributed by atoms with Gasteiger partial charge in [-0.15, -0.1) is 11.3 Å². The molecule has 0 saturated carbocycles. The summed E-state index contributed by atoms with van der Waals surface area (Å²) in [6.45, 7) is 0. The number of halogens is 3. The van der Waals surface area contributed by atoms with Gasteiger partial charge in [0.2, 0.25) is 0 Å². The minimum Gasteiger partial charge on any atom is -0.298 e. The highest BCUT2D eigenvalue weighted by atomic mass is 32.1. The Morgan fingerprint density at radius 2 is 2.06 bits per heavy atom. The van der Waals surface area contributed by atoms with Crippen LogP contribution >= 0.6 is 11.3 Å². The Morgan fingerprint density at radius 1 is 1.29 bits per heavy atom. The molecule has 0 aliphatic carbocycles. The molecular weight excluding hydrogens is 251 g/mol. The number of nitrogens with zero attached hydrogens (tertiary/aromatic N) is 1. The van der Waals surface area contributed by atoms with Gasteiger partial charge in [-0.05, 0) is 11.6 Å². The largest absolute Gasteiger partial charge is 0.443 e. The van der Waals surface area contributed by atoms with E-state index in [2.05, 4.69) is 4.98 Å². The molecule has 2 aromatic rings. The quantitative estimate of drug-likeness (QED) is 0.769. The average molecular weight is 257 g/mol. The third-order valence-corrected chi connectivity index (χ3v) is 3.15. The Kier molecular flexibility index (Phi) is 2.97. The molecule has 0 aliphatic heterocycles. The highest BCUT2D eigenvalue weighted by molar-refractivity contribution is 7.15. The number of benzene rings is 1. The molecule has 0 N–H and O–H groups in total. The third kappa shape index (κ3) is 2.52. The van der Waals surface area contributed by atoms with E-state index < -0.39 is 11.2 Å². The minimum absolute atomic E-state index is 0.390. The summed E-state index contributed by atoms with van der Waals surface area (Å²) in [6.07, 6.45) is -2.61. The van der Waals surface area contributed by atoms with Crippen LogP contribution in [0.4, 0.5) is 13.2 Å². The van der Waals surface area contributed by atoms with Crippen molar-refractivity contribution in [3.05, 3.63) is 41.0 Å². The molecule has 0 radical (unpaired) electrons. The summed E-state index contributed by atoms with van der Waals surface area (Å²) in [5, 5.41) is -0.885. The van der Waals surface area contributed by atoms with E-state index in [0.29, 0.717) is 33.6 Å². The predicted molar refractivity (Wildman–Crippen MR) is 57.9 cm³/mol. The van der Waals surface area contributed by atoms with Crippen molar-refractivity contribution in [3.8, 4) is 10.4 Å². The standard InChI is InChI=1S/C11H6F3NOS/c12-11(13,14)10-15-5-9(17-10)8-3-1-2-7(4-8)6-16/h1-6H. The number of thiazole rings is 1. The molecular formula is C11H6F3NOS. The molecule has 1 aromatic heterocycles. The Hall–Kier alpha value is -1.69. The van der Waals surface area contributed by atoms with Crippen LogP contribution in [0.1, 0.15) is 15.4 Å². The van der Waals surface area contributed by atoms with Crippen LogP contribution in [-0.2, 0) is 6.18 Å². The molecule has 2 rings (SSSR count). The number of aldehydes is 1. The van der Waals surface area contributed by atoms with Gasteiger partial charge in [-0.25, -0.2) is 4.98 Å². The minimum atomic E-state index is -4.43. The molecule has 1 aromatic carbocycles. The molecule has 0 bridgehead atoms. The molecule has 6 heteroatoms. The Bertz CT molecular complexity index is 548. The molecule has 0 saturated heterocycles. The third-order valence-electron chi connectivity index (χ3n) is 2.06. The summed E-state index contributed by atoms with van der Waals surface area (Å²) >= 11 is 0.560. The maximum Gasteiger partial charge on any atom is 0.443 e. The first kappa shape index (κ1) is 11.8. The van der Waals surface area contributed by atoms with Gasteiger partial charge < -0.3 is 0 Å². The van der Waals surface area contributed by atoms with E-state index in [4.69, 9.17) is 0 Å². The normalized spacial score (nSPS) is 11.5. The fraction of sp³-hybridized carbons (Fsp3) is 0.0909. The van der Waals surface area contributed by atoms with E-state index in [0.717, 1.165) is 6.20 Å². The second kappa shape index (κ2) is 4.29. The fourth-order valence-corrected chi connectivity index (χ4v) is 2.08. The van der Waals surface area contributed by atoms with Crippen LogP contribution < -0.4 is 0 Å². The van der Waals surface area contributed by atoms with Gasteiger partial charge in [0.1, 0.15) is 6.29 Å². The lowest BCUT2D eigenvalue weighted by molar-refractivity contribution is -0.137. The zero-order chi connectivity index (χ0) is 12.5. The van der Waals surface area contributed by atoms with E-state index in [1.165, 1.54) is 6.07 Å².